The molecule has 0 aliphatic rings. The van der Waals surface area contributed by atoms with Crippen LogP contribution in [0.25, 0.3) is 6.08 Å². The third kappa shape index (κ3) is 4.44. The molecule has 2 nitrogen and oxygen atoms in total. The second-order valence-electron chi connectivity index (χ2n) is 2.74. The lowest BCUT2D eigenvalue weighted by Crippen LogP contribution is -1.87. The van der Waals surface area contributed by atoms with Gasteiger partial charge in [-0.2, -0.15) is 4.39 Å². The fraction of sp³-hybridized carbons (Fsp3) is 0.200. The van der Waals surface area contributed by atoms with E-state index in [-0.39, 0.29) is 5.12 Å². The first-order chi connectivity index (χ1) is 7.09. The maximum Gasteiger partial charge on any atom is 0.220 e. The molecule has 1 aromatic heterocycles. The Morgan fingerprint density at radius 1 is 1.73 bits per heavy atom. The summed E-state index contributed by atoms with van der Waals surface area (Å²) in [5, 5.41) is 0.416. The van der Waals surface area contributed by atoms with Crippen LogP contribution in [-0.4, -0.2) is 15.9 Å². The molecule has 0 saturated carbocycles. The van der Waals surface area contributed by atoms with Crippen LogP contribution < -0.4 is 0 Å². The third-order valence-corrected chi connectivity index (χ3v) is 2.49. The SMILES string of the molecule is CC(=O)SCC=Cc1cc(Cl)cnc1F. The van der Waals surface area contributed by atoms with E-state index in [0.717, 1.165) is 11.8 Å². The van der Waals surface area contributed by atoms with Crippen LogP contribution >= 0.6 is 23.4 Å². The van der Waals surface area contributed by atoms with Crippen LogP contribution in [-0.2, 0) is 4.79 Å². The molecular formula is C10H9ClFNOS. The van der Waals surface area contributed by atoms with Crippen molar-refractivity contribution < 1.29 is 9.18 Å². The Morgan fingerprint density at radius 3 is 3.13 bits per heavy atom. The van der Waals surface area contributed by atoms with Crippen molar-refractivity contribution in [3.8, 4) is 0 Å². The molecule has 0 unspecified atom stereocenters. The number of rotatable bonds is 3. The van der Waals surface area contributed by atoms with Gasteiger partial charge >= 0.3 is 0 Å². The largest absolute Gasteiger partial charge is 0.288 e. The lowest BCUT2D eigenvalue weighted by Gasteiger charge is -1.96. The molecular weight excluding hydrogens is 237 g/mol. The fourth-order valence-corrected chi connectivity index (χ4v) is 1.49. The summed E-state index contributed by atoms with van der Waals surface area (Å²) in [4.78, 5) is 14.1. The summed E-state index contributed by atoms with van der Waals surface area (Å²) in [6, 6.07) is 1.48. The average Bonchev–Trinajstić information content (AvgIpc) is 2.17. The van der Waals surface area contributed by atoms with Gasteiger partial charge < -0.3 is 0 Å². The highest BCUT2D eigenvalue weighted by molar-refractivity contribution is 8.13. The molecule has 0 radical (unpaired) electrons. The fourth-order valence-electron chi connectivity index (χ4n) is 0.896. The summed E-state index contributed by atoms with van der Waals surface area (Å²) in [6.07, 6.45) is 4.51. The van der Waals surface area contributed by atoms with E-state index < -0.39 is 5.95 Å². The number of thioether (sulfide) groups is 1. The van der Waals surface area contributed by atoms with Crippen molar-refractivity contribution in [2.75, 3.05) is 5.75 Å². The minimum Gasteiger partial charge on any atom is -0.288 e. The molecule has 0 saturated heterocycles. The molecule has 0 amide bonds. The summed E-state index contributed by atoms with van der Waals surface area (Å²) in [5.74, 6) is -0.0511. The van der Waals surface area contributed by atoms with Gasteiger partial charge in [-0.15, -0.1) is 0 Å². The predicted molar refractivity (Wildman–Crippen MR) is 61.4 cm³/mol. The Morgan fingerprint density at radius 2 is 2.47 bits per heavy atom. The van der Waals surface area contributed by atoms with Gasteiger partial charge in [0.2, 0.25) is 5.95 Å². The highest BCUT2D eigenvalue weighted by atomic mass is 35.5. The van der Waals surface area contributed by atoms with Crippen LogP contribution in [0, 0.1) is 5.95 Å². The molecule has 80 valence electrons. The molecule has 0 aliphatic carbocycles. The molecule has 0 N–H and O–H groups in total. The number of hydrogen-bond donors (Lipinski definition) is 0. The van der Waals surface area contributed by atoms with Gasteiger partial charge in [0.15, 0.2) is 5.12 Å². The second-order valence-corrected chi connectivity index (χ2v) is 4.37. The number of halogens is 2. The standard InChI is InChI=1S/C10H9ClFNOS/c1-7(14)15-4-2-3-8-5-9(11)6-13-10(8)12/h2-3,5-6H,4H2,1H3. The van der Waals surface area contributed by atoms with E-state index in [2.05, 4.69) is 4.98 Å². The second kappa shape index (κ2) is 5.88. The lowest BCUT2D eigenvalue weighted by molar-refractivity contribution is -0.109. The molecule has 1 rings (SSSR count). The van der Waals surface area contributed by atoms with Crippen LogP contribution in [0.5, 0.6) is 0 Å². The van der Waals surface area contributed by atoms with Crippen LogP contribution in [0.1, 0.15) is 12.5 Å². The Kier molecular flexibility index (Phi) is 4.78. The Labute approximate surface area is 96.5 Å². The van der Waals surface area contributed by atoms with Crippen LogP contribution in [0.3, 0.4) is 0 Å². The van der Waals surface area contributed by atoms with E-state index in [1.807, 2.05) is 0 Å². The van der Waals surface area contributed by atoms with Gasteiger partial charge in [0.1, 0.15) is 0 Å². The van der Waals surface area contributed by atoms with Gasteiger partial charge in [0, 0.05) is 24.4 Å². The van der Waals surface area contributed by atoms with Gasteiger partial charge in [0.25, 0.3) is 0 Å². The monoisotopic (exact) mass is 245 g/mol. The Balaban J connectivity index is 2.63. The molecule has 0 bridgehead atoms. The lowest BCUT2D eigenvalue weighted by atomic mass is 10.2. The molecule has 1 aromatic rings. The molecule has 5 heteroatoms. The van der Waals surface area contributed by atoms with Gasteiger partial charge in [-0.05, 0) is 6.07 Å². The van der Waals surface area contributed by atoms with E-state index in [1.165, 1.54) is 19.2 Å². The maximum atomic E-state index is 13.1. The van der Waals surface area contributed by atoms with Crippen molar-refractivity contribution >= 4 is 34.6 Å². The minimum atomic E-state index is -0.566. The van der Waals surface area contributed by atoms with Crippen LogP contribution in [0.4, 0.5) is 4.39 Å². The van der Waals surface area contributed by atoms with Gasteiger partial charge in [0.05, 0.1) is 5.02 Å². The number of carbonyl (C=O) groups is 1. The van der Waals surface area contributed by atoms with E-state index in [9.17, 15) is 9.18 Å². The first-order valence-electron chi connectivity index (χ1n) is 4.20. The van der Waals surface area contributed by atoms with E-state index in [1.54, 1.807) is 12.2 Å². The van der Waals surface area contributed by atoms with Crippen molar-refractivity contribution in [2.45, 2.75) is 6.92 Å². The number of pyridine rings is 1. The van der Waals surface area contributed by atoms with Crippen molar-refractivity contribution in [2.24, 2.45) is 0 Å². The van der Waals surface area contributed by atoms with Crippen LogP contribution in [0.15, 0.2) is 18.3 Å². The van der Waals surface area contributed by atoms with E-state index in [4.69, 9.17) is 11.6 Å². The Hall–Kier alpha value is -0.870. The number of carbonyl (C=O) groups excluding carboxylic acids is 1. The topological polar surface area (TPSA) is 30.0 Å². The zero-order chi connectivity index (χ0) is 11.3. The normalized spacial score (nSPS) is 10.9. The summed E-state index contributed by atoms with van der Waals surface area (Å²) >= 11 is 6.82. The zero-order valence-corrected chi connectivity index (χ0v) is 9.61. The number of hydrogen-bond acceptors (Lipinski definition) is 3. The highest BCUT2D eigenvalue weighted by Gasteiger charge is 2.00. The van der Waals surface area contributed by atoms with Gasteiger partial charge in [-0.25, -0.2) is 4.98 Å². The van der Waals surface area contributed by atoms with Crippen molar-refractivity contribution in [3.63, 3.8) is 0 Å². The molecule has 15 heavy (non-hydrogen) atoms. The number of aromatic nitrogens is 1. The Bertz CT molecular complexity index is 395. The van der Waals surface area contributed by atoms with Gasteiger partial charge in [-0.1, -0.05) is 35.5 Å². The molecule has 0 aromatic carbocycles. The zero-order valence-electron chi connectivity index (χ0n) is 8.04. The average molecular weight is 246 g/mol. The summed E-state index contributed by atoms with van der Waals surface area (Å²) in [7, 11) is 0. The van der Waals surface area contributed by atoms with Crippen LogP contribution in [0.2, 0.25) is 5.02 Å². The molecule has 0 aliphatic heterocycles. The molecule has 0 fully saturated rings. The van der Waals surface area contributed by atoms with Crippen molar-refractivity contribution in [1.82, 2.24) is 4.98 Å². The van der Waals surface area contributed by atoms with E-state index >= 15 is 0 Å². The smallest absolute Gasteiger partial charge is 0.220 e. The number of nitrogens with zero attached hydrogens (tertiary/aromatic N) is 1. The summed E-state index contributed by atoms with van der Waals surface area (Å²) < 4.78 is 13.1. The first-order valence-corrected chi connectivity index (χ1v) is 5.57. The van der Waals surface area contributed by atoms with Crippen molar-refractivity contribution in [3.05, 3.63) is 34.9 Å². The molecule has 1 heterocycles. The van der Waals surface area contributed by atoms with Gasteiger partial charge in [-0.3, -0.25) is 4.79 Å². The highest BCUT2D eigenvalue weighted by Crippen LogP contribution is 2.14. The minimum absolute atomic E-state index is 0.0318. The van der Waals surface area contributed by atoms with Crippen molar-refractivity contribution in [1.29, 1.82) is 0 Å². The predicted octanol–water partition coefficient (Wildman–Crippen LogP) is 3.17. The summed E-state index contributed by atoms with van der Waals surface area (Å²) in [6.45, 7) is 1.49. The quantitative estimate of drug-likeness (QED) is 0.767. The first kappa shape index (κ1) is 12.2. The molecule has 0 spiro atoms. The molecule has 0 atom stereocenters. The third-order valence-electron chi connectivity index (χ3n) is 1.51. The van der Waals surface area contributed by atoms with E-state index in [0.29, 0.717) is 16.3 Å². The maximum absolute atomic E-state index is 13.1. The summed E-state index contributed by atoms with van der Waals surface area (Å²) in [5.41, 5.74) is 0.326.